The molecular formula is C13H29NO. The summed E-state index contributed by atoms with van der Waals surface area (Å²) >= 11 is 0. The molecule has 0 aliphatic heterocycles. The van der Waals surface area contributed by atoms with E-state index in [0.717, 1.165) is 13.2 Å². The molecular weight excluding hydrogens is 186 g/mol. The van der Waals surface area contributed by atoms with Crippen molar-refractivity contribution in [3.63, 3.8) is 0 Å². The molecule has 0 amide bonds. The molecule has 0 aromatic carbocycles. The van der Waals surface area contributed by atoms with E-state index >= 15 is 0 Å². The Hall–Kier alpha value is -0.0800. The van der Waals surface area contributed by atoms with Crippen LogP contribution in [0.3, 0.4) is 0 Å². The van der Waals surface area contributed by atoms with Crippen molar-refractivity contribution in [2.45, 2.75) is 59.5 Å². The summed E-state index contributed by atoms with van der Waals surface area (Å²) in [5, 5.41) is 3.34. The van der Waals surface area contributed by atoms with Crippen LogP contribution in [0, 0.1) is 5.92 Å². The third-order valence-corrected chi connectivity index (χ3v) is 2.82. The molecule has 0 aromatic rings. The minimum Gasteiger partial charge on any atom is -0.378 e. The highest BCUT2D eigenvalue weighted by Gasteiger charge is 2.05. The molecule has 0 radical (unpaired) electrons. The zero-order valence-electron chi connectivity index (χ0n) is 11.0. The third kappa shape index (κ3) is 10.2. The Bertz CT molecular complexity index is 126. The highest BCUT2D eigenvalue weighted by molar-refractivity contribution is 4.54. The average Bonchev–Trinajstić information content (AvgIpc) is 2.21. The first-order chi connectivity index (χ1) is 7.18. The Morgan fingerprint density at radius 1 is 1.00 bits per heavy atom. The van der Waals surface area contributed by atoms with E-state index < -0.39 is 0 Å². The summed E-state index contributed by atoms with van der Waals surface area (Å²) in [5.41, 5.74) is 0. The van der Waals surface area contributed by atoms with E-state index in [1.54, 1.807) is 0 Å². The maximum atomic E-state index is 5.72. The Kier molecular flexibility index (Phi) is 10.4. The lowest BCUT2D eigenvalue weighted by atomic mass is 10.1. The molecule has 1 atom stereocenters. The van der Waals surface area contributed by atoms with Crippen LogP contribution < -0.4 is 5.32 Å². The first kappa shape index (κ1) is 14.9. The number of nitrogens with one attached hydrogen (secondary N) is 1. The summed E-state index contributed by atoms with van der Waals surface area (Å²) < 4.78 is 5.72. The molecule has 1 N–H and O–H groups in total. The zero-order valence-corrected chi connectivity index (χ0v) is 11.0. The molecule has 2 nitrogen and oxygen atoms in total. The van der Waals surface area contributed by atoms with Crippen LogP contribution in [0.25, 0.3) is 0 Å². The van der Waals surface area contributed by atoms with Crippen molar-refractivity contribution >= 4 is 0 Å². The maximum Gasteiger partial charge on any atom is 0.0569 e. The Morgan fingerprint density at radius 2 is 1.67 bits per heavy atom. The van der Waals surface area contributed by atoms with Gasteiger partial charge in [-0.15, -0.1) is 0 Å². The first-order valence-electron chi connectivity index (χ1n) is 6.50. The van der Waals surface area contributed by atoms with Gasteiger partial charge in [-0.05, 0) is 38.8 Å². The predicted molar refractivity (Wildman–Crippen MR) is 67.3 cm³/mol. The lowest BCUT2D eigenvalue weighted by molar-refractivity contribution is 0.0332. The van der Waals surface area contributed by atoms with Gasteiger partial charge in [0.25, 0.3) is 0 Å². The van der Waals surface area contributed by atoms with E-state index in [-0.39, 0.29) is 0 Å². The summed E-state index contributed by atoms with van der Waals surface area (Å²) in [6, 6.07) is 0. The van der Waals surface area contributed by atoms with Crippen molar-refractivity contribution in [3.8, 4) is 0 Å². The zero-order chi connectivity index (χ0) is 11.5. The van der Waals surface area contributed by atoms with Crippen molar-refractivity contribution in [2.24, 2.45) is 5.92 Å². The van der Waals surface area contributed by atoms with Crippen molar-refractivity contribution in [2.75, 3.05) is 19.7 Å². The molecule has 0 aromatic heterocycles. The van der Waals surface area contributed by atoms with Crippen LogP contribution in [-0.4, -0.2) is 25.8 Å². The van der Waals surface area contributed by atoms with Crippen LogP contribution in [0.15, 0.2) is 0 Å². The van der Waals surface area contributed by atoms with E-state index in [1.807, 2.05) is 0 Å². The largest absolute Gasteiger partial charge is 0.378 e. The minimum absolute atomic E-state index is 0.409. The quantitative estimate of drug-likeness (QED) is 0.565. The molecule has 0 saturated carbocycles. The number of hydrogen-bond donors (Lipinski definition) is 1. The molecule has 0 bridgehead atoms. The summed E-state index contributed by atoms with van der Waals surface area (Å²) in [4.78, 5) is 0. The molecule has 0 aliphatic carbocycles. The SMILES string of the molecule is CCNCCCCCCOC(C)C(C)C. The van der Waals surface area contributed by atoms with Gasteiger partial charge < -0.3 is 10.1 Å². The Morgan fingerprint density at radius 3 is 2.27 bits per heavy atom. The van der Waals surface area contributed by atoms with Crippen LogP contribution in [-0.2, 0) is 4.74 Å². The smallest absolute Gasteiger partial charge is 0.0569 e. The minimum atomic E-state index is 0.409. The first-order valence-corrected chi connectivity index (χ1v) is 6.50. The summed E-state index contributed by atoms with van der Waals surface area (Å²) in [7, 11) is 0. The summed E-state index contributed by atoms with van der Waals surface area (Å²) in [5.74, 6) is 0.638. The molecule has 1 unspecified atom stereocenters. The normalized spacial score (nSPS) is 13.4. The standard InChI is InChI=1S/C13H29NO/c1-5-14-10-8-6-7-9-11-15-13(4)12(2)3/h12-14H,5-11H2,1-4H3. The van der Waals surface area contributed by atoms with Gasteiger partial charge in [0.15, 0.2) is 0 Å². The summed E-state index contributed by atoms with van der Waals surface area (Å²) in [6.45, 7) is 11.9. The van der Waals surface area contributed by atoms with Crippen molar-refractivity contribution in [1.82, 2.24) is 5.32 Å². The van der Waals surface area contributed by atoms with Gasteiger partial charge in [-0.2, -0.15) is 0 Å². The highest BCUT2D eigenvalue weighted by atomic mass is 16.5. The van der Waals surface area contributed by atoms with Gasteiger partial charge in [0.1, 0.15) is 0 Å². The van der Waals surface area contributed by atoms with Gasteiger partial charge in [-0.3, -0.25) is 0 Å². The Balaban J connectivity index is 3.05. The number of ether oxygens (including phenoxy) is 1. The molecule has 0 fully saturated rings. The lowest BCUT2D eigenvalue weighted by Gasteiger charge is -2.16. The lowest BCUT2D eigenvalue weighted by Crippen LogP contribution is -2.16. The van der Waals surface area contributed by atoms with E-state index in [2.05, 4.69) is 33.0 Å². The molecule has 92 valence electrons. The second kappa shape index (κ2) is 10.4. The van der Waals surface area contributed by atoms with E-state index in [9.17, 15) is 0 Å². The predicted octanol–water partition coefficient (Wildman–Crippen LogP) is 3.22. The number of hydrogen-bond acceptors (Lipinski definition) is 2. The van der Waals surface area contributed by atoms with Crippen LogP contribution >= 0.6 is 0 Å². The fraction of sp³-hybridized carbons (Fsp3) is 1.00. The molecule has 0 aliphatic rings. The van der Waals surface area contributed by atoms with Crippen molar-refractivity contribution in [3.05, 3.63) is 0 Å². The van der Waals surface area contributed by atoms with Gasteiger partial charge in [0, 0.05) is 6.61 Å². The molecule has 0 rings (SSSR count). The fourth-order valence-electron chi connectivity index (χ4n) is 1.34. The molecule has 0 spiro atoms. The average molecular weight is 215 g/mol. The molecule has 0 saturated heterocycles. The van der Waals surface area contributed by atoms with Crippen LogP contribution in [0.1, 0.15) is 53.4 Å². The highest BCUT2D eigenvalue weighted by Crippen LogP contribution is 2.07. The molecule has 15 heavy (non-hydrogen) atoms. The van der Waals surface area contributed by atoms with Crippen molar-refractivity contribution < 1.29 is 4.74 Å². The number of rotatable bonds is 10. The molecule has 2 heteroatoms. The van der Waals surface area contributed by atoms with Gasteiger partial charge in [-0.25, -0.2) is 0 Å². The topological polar surface area (TPSA) is 21.3 Å². The monoisotopic (exact) mass is 215 g/mol. The maximum absolute atomic E-state index is 5.72. The van der Waals surface area contributed by atoms with E-state index in [0.29, 0.717) is 12.0 Å². The van der Waals surface area contributed by atoms with E-state index in [4.69, 9.17) is 4.74 Å². The van der Waals surface area contributed by atoms with Crippen LogP contribution in [0.5, 0.6) is 0 Å². The van der Waals surface area contributed by atoms with Gasteiger partial charge in [-0.1, -0.05) is 33.6 Å². The van der Waals surface area contributed by atoms with Crippen molar-refractivity contribution in [1.29, 1.82) is 0 Å². The van der Waals surface area contributed by atoms with Crippen LogP contribution in [0.2, 0.25) is 0 Å². The van der Waals surface area contributed by atoms with Gasteiger partial charge in [0.2, 0.25) is 0 Å². The summed E-state index contributed by atoms with van der Waals surface area (Å²) in [6.07, 6.45) is 5.55. The van der Waals surface area contributed by atoms with E-state index in [1.165, 1.54) is 32.2 Å². The van der Waals surface area contributed by atoms with Gasteiger partial charge in [0.05, 0.1) is 6.10 Å². The third-order valence-electron chi connectivity index (χ3n) is 2.82. The second-order valence-electron chi connectivity index (χ2n) is 4.59. The number of unbranched alkanes of at least 4 members (excludes halogenated alkanes) is 3. The van der Waals surface area contributed by atoms with Gasteiger partial charge >= 0.3 is 0 Å². The Labute approximate surface area is 95.8 Å². The second-order valence-corrected chi connectivity index (χ2v) is 4.59. The fourth-order valence-corrected chi connectivity index (χ4v) is 1.34. The van der Waals surface area contributed by atoms with Crippen LogP contribution in [0.4, 0.5) is 0 Å². The molecule has 0 heterocycles.